The molecule has 0 radical (unpaired) electrons. The summed E-state index contributed by atoms with van der Waals surface area (Å²) in [7, 11) is -4.32. The smallest absolute Gasteiger partial charge is 0.338 e. The first-order valence-corrected chi connectivity index (χ1v) is 13.3. The molecule has 0 atom stereocenters. The highest BCUT2D eigenvalue weighted by atomic mass is 32.2. The number of ether oxygens (including phenoxy) is 1. The van der Waals surface area contributed by atoms with Gasteiger partial charge in [0.15, 0.2) is 5.71 Å². The van der Waals surface area contributed by atoms with Crippen molar-refractivity contribution < 1.29 is 27.1 Å². The Kier molecular flexibility index (Phi) is 8.64. The van der Waals surface area contributed by atoms with Crippen molar-refractivity contribution in [1.29, 1.82) is 0 Å². The van der Waals surface area contributed by atoms with E-state index >= 15 is 0 Å². The van der Waals surface area contributed by atoms with Crippen molar-refractivity contribution in [2.45, 2.75) is 39.0 Å². The van der Waals surface area contributed by atoms with Crippen LogP contribution < -0.4 is 5.32 Å². The molecule has 35 heavy (non-hydrogen) atoms. The van der Waals surface area contributed by atoms with Crippen molar-refractivity contribution in [3.05, 3.63) is 84.1 Å². The molecule has 1 aliphatic rings. The first kappa shape index (κ1) is 26.4. The second-order valence-corrected chi connectivity index (χ2v) is 10.4. The van der Waals surface area contributed by atoms with Gasteiger partial charge >= 0.3 is 5.97 Å². The summed E-state index contributed by atoms with van der Waals surface area (Å²) in [5.74, 6) is -0.828. The molecule has 0 saturated heterocycles. The zero-order chi connectivity index (χ0) is 25.5. The minimum Gasteiger partial charge on any atom is -0.748 e. The number of hydrogen-bond acceptors (Lipinski definition) is 6. The zero-order valence-corrected chi connectivity index (χ0v) is 21.2. The van der Waals surface area contributed by atoms with Crippen LogP contribution in [0.3, 0.4) is 0 Å². The van der Waals surface area contributed by atoms with Gasteiger partial charge in [0.05, 0.1) is 33.3 Å². The Morgan fingerprint density at radius 2 is 1.86 bits per heavy atom. The number of nitrogens with zero attached hydrogens (tertiary/aromatic N) is 1. The van der Waals surface area contributed by atoms with Gasteiger partial charge in [-0.05, 0) is 44.5 Å². The van der Waals surface area contributed by atoms with E-state index in [9.17, 15) is 17.8 Å². The summed E-state index contributed by atoms with van der Waals surface area (Å²) in [5, 5.41) is 3.20. The molecule has 0 unspecified atom stereocenters. The first-order chi connectivity index (χ1) is 16.6. The molecule has 2 aromatic carbocycles. The van der Waals surface area contributed by atoms with Crippen LogP contribution in [0.1, 0.15) is 49.5 Å². The topological polar surface area (TPSA) is 98.5 Å². The Labute approximate surface area is 207 Å². The van der Waals surface area contributed by atoms with Gasteiger partial charge < -0.3 is 14.6 Å². The van der Waals surface area contributed by atoms with Crippen molar-refractivity contribution in [2.24, 2.45) is 0 Å². The van der Waals surface area contributed by atoms with Gasteiger partial charge in [-0.25, -0.2) is 13.2 Å². The minimum atomic E-state index is -4.32. The van der Waals surface area contributed by atoms with E-state index in [-0.39, 0.29) is 12.4 Å². The standard InChI is InChI=1S/C27H32N2O5S/c1-4-19-34-26(30)22-14-10-15-23-25(22)27(2,3)24(29(23)18-11-20-35(31,32)33)16-8-9-17-28-21-12-6-5-7-13-21/h5-10,12-17H,4,11,18-20H2,1-3H3,(H,31,32,33). The molecule has 1 heterocycles. The number of carbonyl (C=O) groups is 1. The second-order valence-electron chi connectivity index (χ2n) is 8.84. The summed E-state index contributed by atoms with van der Waals surface area (Å²) in [5.41, 5.74) is 3.45. The van der Waals surface area contributed by atoms with E-state index in [2.05, 4.69) is 5.32 Å². The summed E-state index contributed by atoms with van der Waals surface area (Å²) in [6, 6.07) is 15.2. The molecule has 186 valence electrons. The molecular weight excluding hydrogens is 464 g/mol. The summed E-state index contributed by atoms with van der Waals surface area (Å²) < 4.78 is 41.0. The highest BCUT2D eigenvalue weighted by Crippen LogP contribution is 2.42. The van der Waals surface area contributed by atoms with Crippen molar-refractivity contribution in [2.75, 3.05) is 24.2 Å². The van der Waals surface area contributed by atoms with Crippen LogP contribution in [0.25, 0.3) is 0 Å². The van der Waals surface area contributed by atoms with Gasteiger partial charge in [0.1, 0.15) is 6.54 Å². The molecule has 0 spiro atoms. The largest absolute Gasteiger partial charge is 0.748 e. The van der Waals surface area contributed by atoms with Crippen LogP contribution in [0.4, 0.5) is 11.4 Å². The van der Waals surface area contributed by atoms with E-state index in [4.69, 9.17) is 4.74 Å². The van der Waals surface area contributed by atoms with Gasteiger partial charge in [-0.2, -0.15) is 4.58 Å². The first-order valence-electron chi connectivity index (χ1n) is 11.7. The normalized spacial score (nSPS) is 15.1. The average Bonchev–Trinajstić information content (AvgIpc) is 3.03. The fourth-order valence-electron chi connectivity index (χ4n) is 4.28. The highest BCUT2D eigenvalue weighted by molar-refractivity contribution is 7.85. The molecule has 0 saturated carbocycles. The summed E-state index contributed by atoms with van der Waals surface area (Å²) >= 11 is 0. The average molecular weight is 497 g/mol. The van der Waals surface area contributed by atoms with Crippen LogP contribution in [0, 0.1) is 0 Å². The number of benzene rings is 2. The van der Waals surface area contributed by atoms with Gasteiger partial charge in [-0.15, -0.1) is 0 Å². The van der Waals surface area contributed by atoms with E-state index in [0.29, 0.717) is 18.7 Å². The Bertz CT molecular complexity index is 1250. The van der Waals surface area contributed by atoms with Crippen molar-refractivity contribution in [3.63, 3.8) is 0 Å². The third kappa shape index (κ3) is 6.68. The highest BCUT2D eigenvalue weighted by Gasteiger charge is 2.46. The number of nitrogens with one attached hydrogen (secondary N) is 1. The third-order valence-electron chi connectivity index (χ3n) is 5.81. The molecule has 0 fully saturated rings. The van der Waals surface area contributed by atoms with Crippen LogP contribution in [0.2, 0.25) is 0 Å². The fraction of sp³-hybridized carbons (Fsp3) is 0.333. The van der Waals surface area contributed by atoms with Gasteiger partial charge in [0.2, 0.25) is 5.69 Å². The number of esters is 1. The monoisotopic (exact) mass is 496 g/mol. The maximum Gasteiger partial charge on any atom is 0.338 e. The minimum absolute atomic E-state index is 0.175. The molecule has 8 heteroatoms. The van der Waals surface area contributed by atoms with E-state index in [1.54, 1.807) is 12.1 Å². The van der Waals surface area contributed by atoms with E-state index in [1.165, 1.54) is 0 Å². The molecule has 7 nitrogen and oxygen atoms in total. The summed E-state index contributed by atoms with van der Waals surface area (Å²) in [6.45, 7) is 6.66. The van der Waals surface area contributed by atoms with Crippen LogP contribution in [0.5, 0.6) is 0 Å². The number of rotatable bonds is 11. The number of allylic oxidation sites excluding steroid dienone is 3. The Morgan fingerprint density at radius 3 is 2.54 bits per heavy atom. The van der Waals surface area contributed by atoms with Crippen LogP contribution in [-0.4, -0.2) is 48.1 Å². The lowest BCUT2D eigenvalue weighted by molar-refractivity contribution is -0.437. The summed E-state index contributed by atoms with van der Waals surface area (Å²) in [4.78, 5) is 12.8. The Morgan fingerprint density at radius 1 is 1.11 bits per heavy atom. The molecular formula is C27H32N2O5S. The number of carbonyl (C=O) groups excluding carboxylic acids is 1. The third-order valence-corrected chi connectivity index (χ3v) is 6.60. The molecule has 1 N–H and O–H groups in total. The van der Waals surface area contributed by atoms with Crippen LogP contribution >= 0.6 is 0 Å². The molecule has 0 amide bonds. The Hall–Kier alpha value is -3.23. The quantitative estimate of drug-likeness (QED) is 0.209. The number of anilines is 1. The second kappa shape index (κ2) is 11.5. The lowest BCUT2D eigenvalue weighted by Crippen LogP contribution is -2.29. The lowest BCUT2D eigenvalue weighted by Gasteiger charge is -2.18. The number of fused-ring (bicyclic) bond motifs is 1. The van der Waals surface area contributed by atoms with Crippen LogP contribution in [-0.2, 0) is 20.3 Å². The molecule has 3 rings (SSSR count). The molecule has 0 aromatic heterocycles. The molecule has 1 aliphatic heterocycles. The van der Waals surface area contributed by atoms with E-state index < -0.39 is 21.3 Å². The fourth-order valence-corrected chi connectivity index (χ4v) is 4.76. The van der Waals surface area contributed by atoms with Gasteiger partial charge in [-0.1, -0.05) is 37.3 Å². The predicted molar refractivity (Wildman–Crippen MR) is 137 cm³/mol. The van der Waals surface area contributed by atoms with E-state index in [0.717, 1.165) is 29.1 Å². The van der Waals surface area contributed by atoms with Gasteiger partial charge in [0.25, 0.3) is 0 Å². The van der Waals surface area contributed by atoms with Gasteiger partial charge in [-0.3, -0.25) is 0 Å². The number of para-hydroxylation sites is 1. The van der Waals surface area contributed by atoms with Crippen molar-refractivity contribution >= 4 is 33.2 Å². The van der Waals surface area contributed by atoms with Gasteiger partial charge in [0, 0.05) is 36.2 Å². The molecule has 0 aliphatic carbocycles. The van der Waals surface area contributed by atoms with Crippen molar-refractivity contribution in [3.8, 4) is 0 Å². The SMILES string of the molecule is CCCOC(=O)c1cccc2c1C(C)(C)C(/C=C/C=C/Nc1ccccc1)=[N+]2CCCS(=O)(=O)[O-]. The van der Waals surface area contributed by atoms with Crippen LogP contribution in [0.15, 0.2) is 73.0 Å². The maximum absolute atomic E-state index is 12.8. The lowest BCUT2D eigenvalue weighted by atomic mass is 9.79. The van der Waals surface area contributed by atoms with Crippen molar-refractivity contribution in [1.82, 2.24) is 0 Å². The predicted octanol–water partition coefficient (Wildman–Crippen LogP) is 4.75. The van der Waals surface area contributed by atoms with E-state index in [1.807, 2.05) is 86.2 Å². The number of hydrogen-bond donors (Lipinski definition) is 1. The zero-order valence-electron chi connectivity index (χ0n) is 20.4. The maximum atomic E-state index is 12.8. The molecule has 2 aromatic rings. The molecule has 0 bridgehead atoms. The Balaban J connectivity index is 1.94. The summed E-state index contributed by atoms with van der Waals surface area (Å²) in [6.07, 6.45) is 8.44.